The summed E-state index contributed by atoms with van der Waals surface area (Å²) in [5.41, 5.74) is 3.88. The van der Waals surface area contributed by atoms with Crippen LogP contribution in [0.3, 0.4) is 0 Å². The fourth-order valence-electron chi connectivity index (χ4n) is 4.21. The van der Waals surface area contributed by atoms with Crippen LogP contribution >= 0.6 is 35.7 Å². The van der Waals surface area contributed by atoms with Gasteiger partial charge in [0.15, 0.2) is 5.96 Å². The molecule has 1 atom stereocenters. The van der Waals surface area contributed by atoms with Crippen molar-refractivity contribution in [3.05, 3.63) is 34.9 Å². The minimum absolute atomic E-state index is 0. The van der Waals surface area contributed by atoms with Gasteiger partial charge in [-0.05, 0) is 43.6 Å². The number of nitrogens with zero attached hydrogens (tertiary/aromatic N) is 2. The fourth-order valence-corrected chi connectivity index (χ4v) is 5.45. The number of aliphatic imine (C=N–C) groups is 1. The molecule has 0 saturated carbocycles. The topological polar surface area (TPSA) is 46.1 Å². The van der Waals surface area contributed by atoms with Crippen LogP contribution in [0.4, 0.5) is 0 Å². The smallest absolute Gasteiger partial charge is 0.193 e. The van der Waals surface area contributed by atoms with Crippen LogP contribution in [0.25, 0.3) is 0 Å². The lowest BCUT2D eigenvalue weighted by Gasteiger charge is -2.39. The molecule has 7 heteroatoms. The normalized spacial score (nSPS) is 22.1. The summed E-state index contributed by atoms with van der Waals surface area (Å²) in [6, 6.07) is 6.63. The van der Waals surface area contributed by atoms with Crippen molar-refractivity contribution in [1.29, 1.82) is 0 Å². The Hall–Kier alpha value is -0.510. The van der Waals surface area contributed by atoms with Crippen molar-refractivity contribution in [3.8, 4) is 0 Å². The Morgan fingerprint density at radius 1 is 1.28 bits per heavy atom. The van der Waals surface area contributed by atoms with Crippen molar-refractivity contribution in [1.82, 2.24) is 10.2 Å². The van der Waals surface area contributed by atoms with E-state index in [9.17, 15) is 0 Å². The quantitative estimate of drug-likeness (QED) is 0.350. The van der Waals surface area contributed by atoms with Crippen molar-refractivity contribution < 1.29 is 9.47 Å². The number of halogens is 1. The van der Waals surface area contributed by atoms with E-state index in [4.69, 9.17) is 9.47 Å². The molecule has 2 aliphatic heterocycles. The Kier molecular flexibility index (Phi) is 10.0. The molecule has 0 amide bonds. The first-order valence-electron chi connectivity index (χ1n) is 10.4. The summed E-state index contributed by atoms with van der Waals surface area (Å²) in [5, 5.41) is 3.67. The zero-order valence-corrected chi connectivity index (χ0v) is 21.3. The van der Waals surface area contributed by atoms with Crippen molar-refractivity contribution in [2.75, 3.05) is 52.3 Å². The van der Waals surface area contributed by atoms with Crippen LogP contribution in [0.15, 0.2) is 23.2 Å². The van der Waals surface area contributed by atoms with E-state index in [0.717, 1.165) is 64.0 Å². The van der Waals surface area contributed by atoms with Gasteiger partial charge in [-0.2, -0.15) is 11.8 Å². The van der Waals surface area contributed by atoms with Crippen molar-refractivity contribution in [2.24, 2.45) is 4.99 Å². The van der Waals surface area contributed by atoms with Gasteiger partial charge in [0.25, 0.3) is 0 Å². The summed E-state index contributed by atoms with van der Waals surface area (Å²) in [6.07, 6.45) is 2.29. The minimum Gasteiger partial charge on any atom is -0.381 e. The molecule has 1 aromatic carbocycles. The van der Waals surface area contributed by atoms with Crippen molar-refractivity contribution >= 4 is 41.7 Å². The molecule has 5 nitrogen and oxygen atoms in total. The van der Waals surface area contributed by atoms with Crippen LogP contribution in [0.1, 0.15) is 42.6 Å². The predicted octanol–water partition coefficient (Wildman–Crippen LogP) is 4.17. The zero-order valence-electron chi connectivity index (χ0n) is 18.2. The van der Waals surface area contributed by atoms with Gasteiger partial charge >= 0.3 is 0 Å². The molecular formula is C22H36IN3O2S. The van der Waals surface area contributed by atoms with Crippen LogP contribution in [0.5, 0.6) is 0 Å². The molecule has 1 aromatic rings. The first-order valence-corrected chi connectivity index (χ1v) is 11.4. The Labute approximate surface area is 197 Å². The van der Waals surface area contributed by atoms with Gasteiger partial charge in [0.1, 0.15) is 6.10 Å². The van der Waals surface area contributed by atoms with Crippen LogP contribution in [-0.2, 0) is 9.47 Å². The van der Waals surface area contributed by atoms with E-state index < -0.39 is 0 Å². The summed E-state index contributed by atoms with van der Waals surface area (Å²) >= 11 is 2.06. The highest BCUT2D eigenvalue weighted by atomic mass is 127. The molecule has 2 aliphatic rings. The zero-order chi connectivity index (χ0) is 20.0. The second-order valence-electron chi connectivity index (χ2n) is 7.79. The lowest BCUT2D eigenvalue weighted by molar-refractivity contribution is -0.00844. The molecule has 2 saturated heterocycles. The summed E-state index contributed by atoms with van der Waals surface area (Å²) < 4.78 is 12.0. The van der Waals surface area contributed by atoms with Crippen LogP contribution in [0, 0.1) is 13.8 Å². The van der Waals surface area contributed by atoms with Gasteiger partial charge in [-0.1, -0.05) is 30.7 Å². The first kappa shape index (κ1) is 24.8. The average molecular weight is 534 g/mol. The minimum atomic E-state index is 0. The molecule has 0 spiro atoms. The third-order valence-electron chi connectivity index (χ3n) is 5.77. The highest BCUT2D eigenvalue weighted by Gasteiger charge is 2.33. The summed E-state index contributed by atoms with van der Waals surface area (Å²) in [4.78, 5) is 6.93. The maximum absolute atomic E-state index is 6.12. The number of hydrogen-bond donors (Lipinski definition) is 1. The molecule has 1 N–H and O–H groups in total. The van der Waals surface area contributed by atoms with E-state index in [-0.39, 0.29) is 34.8 Å². The van der Waals surface area contributed by atoms with Crippen LogP contribution in [0.2, 0.25) is 0 Å². The second-order valence-corrected chi connectivity index (χ2v) is 9.53. The van der Waals surface area contributed by atoms with Gasteiger partial charge in [0, 0.05) is 38.1 Å². The molecule has 2 heterocycles. The van der Waals surface area contributed by atoms with Gasteiger partial charge in [-0.15, -0.1) is 24.0 Å². The number of guanidine groups is 1. The fraction of sp³-hybridized carbons (Fsp3) is 0.682. The first-order chi connectivity index (χ1) is 13.6. The summed E-state index contributed by atoms with van der Waals surface area (Å²) in [7, 11) is 1.88. The van der Waals surface area contributed by atoms with E-state index in [1.165, 1.54) is 16.7 Å². The number of rotatable bonds is 5. The largest absolute Gasteiger partial charge is 0.381 e. The van der Waals surface area contributed by atoms with Gasteiger partial charge in [0.2, 0.25) is 0 Å². The maximum Gasteiger partial charge on any atom is 0.193 e. The van der Waals surface area contributed by atoms with Crippen LogP contribution in [-0.4, -0.2) is 67.9 Å². The summed E-state index contributed by atoms with van der Waals surface area (Å²) in [6.45, 7) is 11.6. The highest BCUT2D eigenvalue weighted by Crippen LogP contribution is 2.35. The predicted molar refractivity (Wildman–Crippen MR) is 134 cm³/mol. The lowest BCUT2D eigenvalue weighted by Crippen LogP contribution is -2.52. The lowest BCUT2D eigenvalue weighted by atomic mass is 9.99. The molecule has 0 radical (unpaired) electrons. The standard InChI is InChI=1S/C22H35N3O2S.HI/c1-5-28-22(8-11-26-12-9-22)16-24-21(23-4)25-10-13-27-20(15-25)19-7-6-17(2)14-18(19)3;/h6-7,14,20H,5,8-13,15-16H2,1-4H3,(H,23,24);1H. The Morgan fingerprint density at radius 2 is 2.03 bits per heavy atom. The van der Waals surface area contributed by atoms with E-state index in [0.29, 0.717) is 0 Å². The van der Waals surface area contributed by atoms with E-state index in [1.54, 1.807) is 0 Å². The average Bonchev–Trinajstić information content (AvgIpc) is 2.70. The van der Waals surface area contributed by atoms with E-state index >= 15 is 0 Å². The third-order valence-corrected chi connectivity index (χ3v) is 7.23. The maximum atomic E-state index is 6.12. The number of aryl methyl sites for hydroxylation is 2. The number of morpholine rings is 1. The Balaban J connectivity index is 0.00000300. The van der Waals surface area contributed by atoms with Gasteiger partial charge in [0.05, 0.1) is 13.2 Å². The van der Waals surface area contributed by atoms with Gasteiger partial charge in [-0.25, -0.2) is 0 Å². The molecule has 1 unspecified atom stereocenters. The second kappa shape index (κ2) is 11.8. The Bertz CT molecular complexity index is 675. The molecule has 29 heavy (non-hydrogen) atoms. The third kappa shape index (κ3) is 6.48. The monoisotopic (exact) mass is 533 g/mol. The molecule has 2 fully saturated rings. The summed E-state index contributed by atoms with van der Waals surface area (Å²) in [5.74, 6) is 2.12. The molecule has 0 aliphatic carbocycles. The number of benzene rings is 1. The molecule has 3 rings (SSSR count). The van der Waals surface area contributed by atoms with Gasteiger partial charge < -0.3 is 19.7 Å². The van der Waals surface area contributed by atoms with Crippen molar-refractivity contribution in [2.45, 2.75) is 44.5 Å². The molecular weight excluding hydrogens is 497 g/mol. The van der Waals surface area contributed by atoms with Gasteiger partial charge in [-0.3, -0.25) is 4.99 Å². The SMILES string of the molecule is CCSC1(CNC(=NC)N2CCOC(c3ccc(C)cc3C)C2)CCOCC1.I. The van der Waals surface area contributed by atoms with Crippen molar-refractivity contribution in [3.63, 3.8) is 0 Å². The molecule has 0 bridgehead atoms. The van der Waals surface area contributed by atoms with E-state index in [1.807, 2.05) is 7.05 Å². The Morgan fingerprint density at radius 3 is 2.69 bits per heavy atom. The number of hydrogen-bond acceptors (Lipinski definition) is 4. The highest BCUT2D eigenvalue weighted by molar-refractivity contribution is 14.0. The number of ether oxygens (including phenoxy) is 2. The van der Waals surface area contributed by atoms with Crippen LogP contribution < -0.4 is 5.32 Å². The molecule has 164 valence electrons. The van der Waals surface area contributed by atoms with E-state index in [2.05, 4.69) is 65.9 Å². The molecule has 0 aromatic heterocycles. The number of nitrogens with one attached hydrogen (secondary N) is 1. The number of thioether (sulfide) groups is 1.